The van der Waals surface area contributed by atoms with Gasteiger partial charge in [-0.25, -0.2) is 4.79 Å². The van der Waals surface area contributed by atoms with Crippen LogP contribution < -0.4 is 34.9 Å². The predicted molar refractivity (Wildman–Crippen MR) is 103 cm³/mol. The second kappa shape index (κ2) is 7.79. The number of carbonyl (C=O) groups excluding carboxylic acids is 2. The van der Waals surface area contributed by atoms with Gasteiger partial charge in [-0.3, -0.25) is 9.59 Å². The van der Waals surface area contributed by atoms with Crippen molar-refractivity contribution in [1.82, 2.24) is 15.4 Å². The average molecular weight is 425 g/mol. The monoisotopic (exact) mass is 425 g/mol. The summed E-state index contributed by atoms with van der Waals surface area (Å²) in [4.78, 5) is 38.5. The van der Waals surface area contributed by atoms with Crippen LogP contribution in [-0.2, 0) is 9.59 Å². The van der Waals surface area contributed by atoms with Gasteiger partial charge in [0.15, 0.2) is 0 Å². The summed E-state index contributed by atoms with van der Waals surface area (Å²) in [5.41, 5.74) is 1.41. The van der Waals surface area contributed by atoms with Crippen LogP contribution in [0.4, 0.5) is 0 Å². The number of carboxylic acid groups (broad SMARTS) is 1. The van der Waals surface area contributed by atoms with Gasteiger partial charge in [0.05, 0.1) is 0 Å². The topological polar surface area (TPSA) is 113 Å². The number of rotatable bonds is 4. The number of thioether (sulfide) groups is 1. The van der Waals surface area contributed by atoms with Crippen LogP contribution in [0.2, 0.25) is 0 Å². The van der Waals surface area contributed by atoms with Crippen LogP contribution in [0.25, 0.3) is 11.3 Å². The van der Waals surface area contributed by atoms with Crippen molar-refractivity contribution < 1.29 is 55.0 Å². The summed E-state index contributed by atoms with van der Waals surface area (Å²) < 4.78 is 4.57. The second-order valence-corrected chi connectivity index (χ2v) is 9.15. The molecule has 3 heterocycles. The Morgan fingerprint density at radius 1 is 1.31 bits per heavy atom. The summed E-state index contributed by atoms with van der Waals surface area (Å²) in [7, 11) is 0. The molecule has 2 fully saturated rings. The minimum atomic E-state index is -1.04. The Balaban J connectivity index is 0.00000160. The fraction of sp³-hybridized carbons (Fsp3) is 0.368. The van der Waals surface area contributed by atoms with E-state index < -0.39 is 34.1 Å². The number of carbonyl (C=O) groups is 3. The van der Waals surface area contributed by atoms with Gasteiger partial charge in [-0.15, -0.1) is 11.8 Å². The van der Waals surface area contributed by atoms with Gasteiger partial charge in [-0.1, -0.05) is 35.5 Å². The summed E-state index contributed by atoms with van der Waals surface area (Å²) in [6.45, 7) is 5.22. The quantitative estimate of drug-likeness (QED) is 0.478. The Hall–Kier alpha value is -1.81. The molecule has 2 saturated heterocycles. The molecule has 2 aromatic rings. The Kier molecular flexibility index (Phi) is 5.88. The summed E-state index contributed by atoms with van der Waals surface area (Å²) in [6.07, 6.45) is 0. The molecule has 148 valence electrons. The van der Waals surface area contributed by atoms with Gasteiger partial charge in [0.25, 0.3) is 5.91 Å². The number of aryl methyl sites for hydroxylation is 1. The maximum atomic E-state index is 12.9. The first-order valence-corrected chi connectivity index (χ1v) is 9.65. The molecule has 1 aromatic carbocycles. The van der Waals surface area contributed by atoms with Gasteiger partial charge >= 0.3 is 35.5 Å². The predicted octanol–water partition coefficient (Wildman–Crippen LogP) is -0.988. The largest absolute Gasteiger partial charge is 1.00 e. The number of aromatic nitrogens is 1. The number of fused-ring (bicyclic) bond motifs is 1. The van der Waals surface area contributed by atoms with Crippen molar-refractivity contribution in [3.05, 3.63) is 41.7 Å². The zero-order valence-electron chi connectivity index (χ0n) is 17.5. The fourth-order valence-corrected chi connectivity index (χ4v) is 5.42. The second-order valence-electron chi connectivity index (χ2n) is 7.38. The maximum Gasteiger partial charge on any atom is 1.00 e. The molecule has 0 radical (unpaired) electrons. The van der Waals surface area contributed by atoms with Crippen molar-refractivity contribution in [2.45, 2.75) is 43.0 Å². The van der Waals surface area contributed by atoms with Crippen LogP contribution >= 0.6 is 11.8 Å². The van der Waals surface area contributed by atoms with Crippen LogP contribution in [0.5, 0.6) is 0 Å². The molecular weight excluding hydrogens is 405 g/mol. The average Bonchev–Trinajstić information content (AvgIpc) is 3.15. The number of β-lactam (4-membered cyclic amide) rings is 1. The van der Waals surface area contributed by atoms with E-state index in [0.717, 1.165) is 5.56 Å². The molecule has 2 N–H and O–H groups in total. The minimum absolute atomic E-state index is 0. The van der Waals surface area contributed by atoms with Gasteiger partial charge in [-0.05, 0) is 20.8 Å². The molecule has 0 saturated carbocycles. The third-order valence-electron chi connectivity index (χ3n) is 5.10. The van der Waals surface area contributed by atoms with Crippen molar-refractivity contribution in [3.8, 4) is 11.3 Å². The van der Waals surface area contributed by atoms with Crippen molar-refractivity contribution in [2.75, 3.05) is 0 Å². The van der Waals surface area contributed by atoms with E-state index in [1.807, 2.05) is 30.3 Å². The molecule has 2 amide bonds. The fourth-order valence-electron chi connectivity index (χ4n) is 3.79. The van der Waals surface area contributed by atoms with Gasteiger partial charge in [0.2, 0.25) is 5.91 Å². The number of benzene rings is 1. The van der Waals surface area contributed by atoms with E-state index in [1.165, 1.54) is 16.7 Å². The number of hydrogen-bond acceptors (Lipinski definition) is 6. The molecule has 0 aliphatic carbocycles. The summed E-state index contributed by atoms with van der Waals surface area (Å²) in [6, 6.07) is 7.46. The number of nitrogens with one attached hydrogen (secondary N) is 1. The van der Waals surface area contributed by atoms with Crippen molar-refractivity contribution >= 4 is 29.5 Å². The molecule has 8 nitrogen and oxygen atoms in total. The third-order valence-corrected chi connectivity index (χ3v) is 6.67. The SMILES string of the molecule is Cc1onc(-c2ccccc2)c1C(=O)N[C@@H]1C(=O)N2[C@@H]1SC(C)(C)[C@@H]2C(=O)O.[H-].[Na+]. The van der Waals surface area contributed by atoms with E-state index in [1.54, 1.807) is 20.8 Å². The molecule has 0 spiro atoms. The molecule has 1 aromatic heterocycles. The van der Waals surface area contributed by atoms with Gasteiger partial charge < -0.3 is 21.3 Å². The number of amides is 2. The van der Waals surface area contributed by atoms with Crippen molar-refractivity contribution in [3.63, 3.8) is 0 Å². The zero-order valence-corrected chi connectivity index (χ0v) is 19.3. The van der Waals surface area contributed by atoms with Crippen LogP contribution in [0, 0.1) is 6.92 Å². The number of aliphatic carboxylic acids is 1. The van der Waals surface area contributed by atoms with Crippen molar-refractivity contribution in [1.29, 1.82) is 0 Å². The number of carboxylic acids is 1. The maximum absolute atomic E-state index is 12.9. The summed E-state index contributed by atoms with van der Waals surface area (Å²) in [5.74, 6) is -1.55. The van der Waals surface area contributed by atoms with E-state index in [0.29, 0.717) is 11.5 Å². The summed E-state index contributed by atoms with van der Waals surface area (Å²) >= 11 is 1.38. The van der Waals surface area contributed by atoms with Gasteiger partial charge in [-0.2, -0.15) is 0 Å². The van der Waals surface area contributed by atoms with Gasteiger partial charge in [0.1, 0.15) is 34.5 Å². The van der Waals surface area contributed by atoms with E-state index in [9.17, 15) is 19.5 Å². The zero-order chi connectivity index (χ0) is 20.2. The molecule has 0 bridgehead atoms. The Morgan fingerprint density at radius 3 is 2.59 bits per heavy atom. The minimum Gasteiger partial charge on any atom is -1.00 e. The van der Waals surface area contributed by atoms with E-state index in [-0.39, 0.29) is 42.5 Å². The molecule has 29 heavy (non-hydrogen) atoms. The van der Waals surface area contributed by atoms with Crippen LogP contribution in [-0.4, -0.2) is 55.2 Å². The van der Waals surface area contributed by atoms with E-state index in [2.05, 4.69) is 10.5 Å². The molecule has 3 atom stereocenters. The molecule has 0 unspecified atom stereocenters. The first-order chi connectivity index (χ1) is 13.2. The number of nitrogens with zero attached hydrogens (tertiary/aromatic N) is 2. The molecular formula is C19H20N3NaO5S. The summed E-state index contributed by atoms with van der Waals surface area (Å²) in [5, 5.41) is 15.8. The Labute approximate surface area is 195 Å². The van der Waals surface area contributed by atoms with Crippen LogP contribution in [0.3, 0.4) is 0 Å². The first kappa shape index (κ1) is 21.9. The van der Waals surface area contributed by atoms with E-state index in [4.69, 9.17) is 4.52 Å². The van der Waals surface area contributed by atoms with Crippen LogP contribution in [0.15, 0.2) is 34.9 Å². The number of hydrogen-bond donors (Lipinski definition) is 2. The smallest absolute Gasteiger partial charge is 1.00 e. The Bertz CT molecular complexity index is 984. The first-order valence-electron chi connectivity index (χ1n) is 8.77. The third kappa shape index (κ3) is 3.50. The van der Waals surface area contributed by atoms with Crippen LogP contribution in [0.1, 0.15) is 31.4 Å². The molecule has 10 heteroatoms. The molecule has 2 aliphatic heterocycles. The standard InChI is InChI=1S/C19H19N3O5S.Na.H/c1-9-11(12(21-27-9)10-7-5-4-6-8-10)15(23)20-13-16(24)22-14(18(25)26)19(2,3)28-17(13)22;;/h4-8,13-14,17H,1-3H3,(H,20,23)(H,25,26);;/q;+1;-1/t13-,14+,17-;;/m1../s1. The van der Waals surface area contributed by atoms with Crippen molar-refractivity contribution in [2.24, 2.45) is 0 Å². The Morgan fingerprint density at radius 2 is 1.97 bits per heavy atom. The van der Waals surface area contributed by atoms with E-state index >= 15 is 0 Å². The normalized spacial score (nSPS) is 24.3. The molecule has 2 aliphatic rings. The molecule has 4 rings (SSSR count). The van der Waals surface area contributed by atoms with Gasteiger partial charge in [0, 0.05) is 10.3 Å².